The van der Waals surface area contributed by atoms with E-state index in [2.05, 4.69) is 10.6 Å². The van der Waals surface area contributed by atoms with E-state index in [1.165, 1.54) is 0 Å². The third-order valence-electron chi connectivity index (χ3n) is 2.49. The Morgan fingerprint density at radius 1 is 1.28 bits per heavy atom. The van der Waals surface area contributed by atoms with Crippen molar-refractivity contribution in [2.75, 3.05) is 12.4 Å². The average Bonchev–Trinajstić information content (AvgIpc) is 2.33. The second-order valence-corrected chi connectivity index (χ2v) is 4.93. The highest BCUT2D eigenvalue weighted by atomic mass is 35.5. The molecule has 0 radical (unpaired) electrons. The summed E-state index contributed by atoms with van der Waals surface area (Å²) in [5.41, 5.74) is 0.978. The van der Waals surface area contributed by atoms with Crippen molar-refractivity contribution in [1.82, 2.24) is 10.6 Å². The maximum absolute atomic E-state index is 11.3. The molecule has 0 saturated heterocycles. The van der Waals surface area contributed by atoms with E-state index < -0.39 is 5.60 Å². The van der Waals surface area contributed by atoms with E-state index in [9.17, 15) is 9.90 Å². The highest BCUT2D eigenvalue weighted by molar-refractivity contribution is 6.18. The summed E-state index contributed by atoms with van der Waals surface area (Å²) in [4.78, 5) is 11.3. The monoisotopic (exact) mass is 270 g/mol. The van der Waals surface area contributed by atoms with Gasteiger partial charge in [0.2, 0.25) is 0 Å². The first-order valence-electron chi connectivity index (χ1n) is 5.83. The lowest BCUT2D eigenvalue weighted by atomic mass is 9.97. The molecule has 0 heterocycles. The Labute approximate surface area is 112 Å². The van der Waals surface area contributed by atoms with Gasteiger partial charge in [0.25, 0.3) is 0 Å². The van der Waals surface area contributed by atoms with Crippen molar-refractivity contribution >= 4 is 17.6 Å². The summed E-state index contributed by atoms with van der Waals surface area (Å²) in [6, 6.07) is 7.24. The van der Waals surface area contributed by atoms with Crippen LogP contribution in [-0.2, 0) is 12.1 Å². The SMILES string of the molecule is CC(C)(O)c1ccc(CNC(=O)NCCCl)cc1. The highest BCUT2D eigenvalue weighted by Gasteiger charge is 2.14. The molecule has 4 nitrogen and oxygen atoms in total. The maximum atomic E-state index is 11.3. The summed E-state index contributed by atoms with van der Waals surface area (Å²) < 4.78 is 0. The lowest BCUT2D eigenvalue weighted by Gasteiger charge is -2.18. The number of urea groups is 1. The third kappa shape index (κ3) is 4.94. The van der Waals surface area contributed by atoms with Gasteiger partial charge in [-0.2, -0.15) is 0 Å². The van der Waals surface area contributed by atoms with Gasteiger partial charge >= 0.3 is 6.03 Å². The molecule has 0 fully saturated rings. The molecular formula is C13H19ClN2O2. The van der Waals surface area contributed by atoms with Crippen molar-refractivity contribution in [3.63, 3.8) is 0 Å². The van der Waals surface area contributed by atoms with Gasteiger partial charge in [-0.15, -0.1) is 11.6 Å². The van der Waals surface area contributed by atoms with Crippen LogP contribution < -0.4 is 10.6 Å². The quantitative estimate of drug-likeness (QED) is 0.716. The number of hydrogen-bond acceptors (Lipinski definition) is 2. The lowest BCUT2D eigenvalue weighted by molar-refractivity contribution is 0.0786. The van der Waals surface area contributed by atoms with Gasteiger partial charge in [-0.3, -0.25) is 0 Å². The summed E-state index contributed by atoms with van der Waals surface area (Å²) in [6.07, 6.45) is 0. The Kier molecular flexibility index (Phi) is 5.44. The molecule has 1 aromatic rings. The van der Waals surface area contributed by atoms with E-state index in [1.54, 1.807) is 13.8 Å². The van der Waals surface area contributed by atoms with E-state index in [0.717, 1.165) is 11.1 Å². The van der Waals surface area contributed by atoms with Crippen LogP contribution in [0.5, 0.6) is 0 Å². The average molecular weight is 271 g/mol. The Balaban J connectivity index is 2.47. The van der Waals surface area contributed by atoms with Gasteiger partial charge < -0.3 is 15.7 Å². The molecule has 0 unspecified atom stereocenters. The Hall–Kier alpha value is -1.26. The summed E-state index contributed by atoms with van der Waals surface area (Å²) in [5.74, 6) is 0.397. The molecule has 1 aromatic carbocycles. The Morgan fingerprint density at radius 2 is 1.89 bits per heavy atom. The largest absolute Gasteiger partial charge is 0.386 e. The molecule has 0 spiro atoms. The van der Waals surface area contributed by atoms with Gasteiger partial charge in [-0.1, -0.05) is 24.3 Å². The van der Waals surface area contributed by atoms with E-state index >= 15 is 0 Å². The van der Waals surface area contributed by atoms with Crippen LogP contribution in [-0.4, -0.2) is 23.6 Å². The van der Waals surface area contributed by atoms with E-state index in [1.807, 2.05) is 24.3 Å². The zero-order valence-electron chi connectivity index (χ0n) is 10.7. The van der Waals surface area contributed by atoms with E-state index in [4.69, 9.17) is 11.6 Å². The number of carbonyl (C=O) groups excluding carboxylic acids is 1. The second kappa shape index (κ2) is 6.61. The van der Waals surface area contributed by atoms with Crippen LogP contribution in [0.2, 0.25) is 0 Å². The first-order valence-corrected chi connectivity index (χ1v) is 6.36. The number of halogens is 1. The minimum Gasteiger partial charge on any atom is -0.386 e. The fourth-order valence-electron chi connectivity index (χ4n) is 1.44. The molecule has 18 heavy (non-hydrogen) atoms. The minimum absolute atomic E-state index is 0.234. The molecule has 0 saturated carbocycles. The number of benzene rings is 1. The molecule has 0 aliphatic carbocycles. The molecule has 2 amide bonds. The zero-order valence-corrected chi connectivity index (χ0v) is 11.4. The number of hydrogen-bond donors (Lipinski definition) is 3. The van der Waals surface area contributed by atoms with Crippen LogP contribution in [0, 0.1) is 0 Å². The Morgan fingerprint density at radius 3 is 2.39 bits per heavy atom. The number of aliphatic hydroxyl groups is 1. The summed E-state index contributed by atoms with van der Waals surface area (Å²) in [7, 11) is 0. The van der Waals surface area contributed by atoms with Crippen molar-refractivity contribution in [3.8, 4) is 0 Å². The van der Waals surface area contributed by atoms with Crippen LogP contribution in [0.4, 0.5) is 4.79 Å². The fraction of sp³-hybridized carbons (Fsp3) is 0.462. The number of rotatable bonds is 5. The van der Waals surface area contributed by atoms with Crippen LogP contribution in [0.3, 0.4) is 0 Å². The first kappa shape index (κ1) is 14.8. The van der Waals surface area contributed by atoms with Crippen LogP contribution in [0.25, 0.3) is 0 Å². The van der Waals surface area contributed by atoms with Crippen molar-refractivity contribution in [2.45, 2.75) is 26.0 Å². The number of alkyl halides is 1. The summed E-state index contributed by atoms with van der Waals surface area (Å²) in [5, 5.41) is 15.1. The van der Waals surface area contributed by atoms with Gasteiger partial charge in [0.05, 0.1) is 5.60 Å². The molecule has 5 heteroatoms. The van der Waals surface area contributed by atoms with Crippen LogP contribution in [0.1, 0.15) is 25.0 Å². The zero-order chi connectivity index (χ0) is 13.6. The topological polar surface area (TPSA) is 61.4 Å². The normalized spacial score (nSPS) is 11.1. The molecule has 0 aromatic heterocycles. The summed E-state index contributed by atoms with van der Waals surface area (Å²) in [6.45, 7) is 4.37. The smallest absolute Gasteiger partial charge is 0.315 e. The number of nitrogens with one attached hydrogen (secondary N) is 2. The van der Waals surface area contributed by atoms with Crippen molar-refractivity contribution < 1.29 is 9.90 Å². The molecule has 1 rings (SSSR count). The summed E-state index contributed by atoms with van der Waals surface area (Å²) >= 11 is 5.46. The van der Waals surface area contributed by atoms with Crippen LogP contribution >= 0.6 is 11.6 Å². The Bertz CT molecular complexity index is 385. The second-order valence-electron chi connectivity index (χ2n) is 4.55. The minimum atomic E-state index is -0.844. The van der Waals surface area contributed by atoms with Gasteiger partial charge in [0, 0.05) is 19.0 Å². The molecule has 0 aliphatic heterocycles. The van der Waals surface area contributed by atoms with E-state index in [-0.39, 0.29) is 6.03 Å². The molecule has 100 valence electrons. The molecule has 0 aliphatic rings. The van der Waals surface area contributed by atoms with Crippen molar-refractivity contribution in [2.24, 2.45) is 0 Å². The highest BCUT2D eigenvalue weighted by Crippen LogP contribution is 2.19. The van der Waals surface area contributed by atoms with Crippen molar-refractivity contribution in [3.05, 3.63) is 35.4 Å². The van der Waals surface area contributed by atoms with E-state index in [0.29, 0.717) is 19.0 Å². The third-order valence-corrected chi connectivity index (χ3v) is 2.68. The number of amides is 2. The van der Waals surface area contributed by atoms with Gasteiger partial charge in [0.1, 0.15) is 0 Å². The maximum Gasteiger partial charge on any atom is 0.315 e. The van der Waals surface area contributed by atoms with Gasteiger partial charge in [-0.25, -0.2) is 4.79 Å². The first-order chi connectivity index (χ1) is 8.43. The van der Waals surface area contributed by atoms with Gasteiger partial charge in [0.15, 0.2) is 0 Å². The molecular weight excluding hydrogens is 252 g/mol. The number of carbonyl (C=O) groups is 1. The molecule has 0 atom stereocenters. The predicted octanol–water partition coefficient (Wildman–Crippen LogP) is 1.95. The standard InChI is InChI=1S/C13H19ClN2O2/c1-13(2,18)11-5-3-10(4-6-11)9-16-12(17)15-8-7-14/h3-6,18H,7-9H2,1-2H3,(H2,15,16,17). The molecule has 3 N–H and O–H groups in total. The molecule has 0 bridgehead atoms. The lowest BCUT2D eigenvalue weighted by Crippen LogP contribution is -2.36. The van der Waals surface area contributed by atoms with Crippen molar-refractivity contribution in [1.29, 1.82) is 0 Å². The fourth-order valence-corrected chi connectivity index (χ4v) is 1.53. The van der Waals surface area contributed by atoms with Gasteiger partial charge in [-0.05, 0) is 25.0 Å². The predicted molar refractivity (Wildman–Crippen MR) is 72.6 cm³/mol. The van der Waals surface area contributed by atoms with Crippen LogP contribution in [0.15, 0.2) is 24.3 Å².